The zero-order chi connectivity index (χ0) is 22.5. The lowest BCUT2D eigenvalue weighted by molar-refractivity contribution is -0.141. The number of aryl methyl sites for hydroxylation is 1. The van der Waals surface area contributed by atoms with Gasteiger partial charge >= 0.3 is 0 Å². The second-order valence-electron chi connectivity index (χ2n) is 9.08. The molecule has 0 radical (unpaired) electrons. The standard InChI is InChI=1S/C24H33N5O2S/c1-18-7-6-12-28(15-18)23(31)21-10-13-27(14-11-21)22(30)17-32-24-26-25-19(2)29(24)16-20-8-4-3-5-9-20/h3-5,8-9,18,21H,6-7,10-17H2,1-2H3. The monoisotopic (exact) mass is 455 g/mol. The van der Waals surface area contributed by atoms with Gasteiger partial charge in [0.25, 0.3) is 0 Å². The highest BCUT2D eigenvalue weighted by atomic mass is 32.2. The van der Waals surface area contributed by atoms with Crippen LogP contribution in [0.4, 0.5) is 0 Å². The van der Waals surface area contributed by atoms with E-state index in [4.69, 9.17) is 0 Å². The first-order valence-corrected chi connectivity index (χ1v) is 12.6. The van der Waals surface area contributed by atoms with Crippen molar-refractivity contribution in [1.29, 1.82) is 0 Å². The minimum absolute atomic E-state index is 0.0635. The van der Waals surface area contributed by atoms with E-state index in [0.717, 1.165) is 43.3 Å². The second kappa shape index (κ2) is 10.5. The quantitative estimate of drug-likeness (QED) is 0.626. The Labute approximate surface area is 194 Å². The Balaban J connectivity index is 1.27. The van der Waals surface area contributed by atoms with Crippen LogP contribution < -0.4 is 0 Å². The predicted octanol–water partition coefficient (Wildman–Crippen LogP) is 3.22. The number of hydrogen-bond acceptors (Lipinski definition) is 5. The first-order valence-electron chi connectivity index (χ1n) is 11.6. The Morgan fingerprint density at radius 2 is 1.78 bits per heavy atom. The van der Waals surface area contributed by atoms with Crippen LogP contribution in [0.25, 0.3) is 0 Å². The normalized spacial score (nSPS) is 19.9. The molecule has 1 aromatic heterocycles. The van der Waals surface area contributed by atoms with Gasteiger partial charge in [-0.2, -0.15) is 0 Å². The van der Waals surface area contributed by atoms with Crippen molar-refractivity contribution in [3.63, 3.8) is 0 Å². The van der Waals surface area contributed by atoms with Gasteiger partial charge in [-0.15, -0.1) is 10.2 Å². The van der Waals surface area contributed by atoms with E-state index in [-0.39, 0.29) is 11.8 Å². The van der Waals surface area contributed by atoms with Gasteiger partial charge in [0.2, 0.25) is 11.8 Å². The summed E-state index contributed by atoms with van der Waals surface area (Å²) >= 11 is 1.44. The Morgan fingerprint density at radius 1 is 1.03 bits per heavy atom. The molecule has 0 N–H and O–H groups in total. The number of piperidine rings is 2. The average molecular weight is 456 g/mol. The zero-order valence-corrected chi connectivity index (χ0v) is 19.9. The van der Waals surface area contributed by atoms with Crippen LogP contribution >= 0.6 is 11.8 Å². The number of carbonyl (C=O) groups is 2. The molecule has 0 aliphatic carbocycles. The van der Waals surface area contributed by atoms with Gasteiger partial charge in [0.15, 0.2) is 5.16 Å². The molecule has 172 valence electrons. The molecule has 0 spiro atoms. The molecular formula is C24H33N5O2S. The van der Waals surface area contributed by atoms with Crippen molar-refractivity contribution in [2.75, 3.05) is 31.9 Å². The summed E-state index contributed by atoms with van der Waals surface area (Å²) < 4.78 is 2.05. The number of nitrogens with zero attached hydrogens (tertiary/aromatic N) is 5. The average Bonchev–Trinajstić information content (AvgIpc) is 3.17. The molecule has 1 aromatic carbocycles. The van der Waals surface area contributed by atoms with Gasteiger partial charge in [0.05, 0.1) is 12.3 Å². The van der Waals surface area contributed by atoms with Crippen molar-refractivity contribution < 1.29 is 9.59 Å². The molecular weight excluding hydrogens is 422 g/mol. The third kappa shape index (κ3) is 5.52. The van der Waals surface area contributed by atoms with Gasteiger partial charge in [0, 0.05) is 32.1 Å². The molecule has 1 atom stereocenters. The summed E-state index contributed by atoms with van der Waals surface area (Å²) in [6.07, 6.45) is 3.86. The van der Waals surface area contributed by atoms with Crippen LogP contribution in [0.2, 0.25) is 0 Å². The van der Waals surface area contributed by atoms with Crippen molar-refractivity contribution in [2.24, 2.45) is 11.8 Å². The van der Waals surface area contributed by atoms with Crippen LogP contribution in [-0.4, -0.2) is 68.3 Å². The van der Waals surface area contributed by atoms with Crippen molar-refractivity contribution in [1.82, 2.24) is 24.6 Å². The van der Waals surface area contributed by atoms with E-state index in [1.165, 1.54) is 23.7 Å². The minimum Gasteiger partial charge on any atom is -0.342 e. The molecule has 2 aliphatic heterocycles. The second-order valence-corrected chi connectivity index (χ2v) is 10.0. The Hall–Kier alpha value is -2.35. The molecule has 2 aliphatic rings. The Morgan fingerprint density at radius 3 is 2.50 bits per heavy atom. The smallest absolute Gasteiger partial charge is 0.233 e. The predicted molar refractivity (Wildman–Crippen MR) is 125 cm³/mol. The summed E-state index contributed by atoms with van der Waals surface area (Å²) in [6, 6.07) is 10.2. The van der Waals surface area contributed by atoms with Crippen LogP contribution in [0.3, 0.4) is 0 Å². The number of carbonyl (C=O) groups excluding carboxylic acids is 2. The fourth-order valence-electron chi connectivity index (χ4n) is 4.66. The minimum atomic E-state index is 0.0635. The van der Waals surface area contributed by atoms with E-state index in [1.807, 2.05) is 34.9 Å². The van der Waals surface area contributed by atoms with Gasteiger partial charge in [-0.25, -0.2) is 0 Å². The molecule has 32 heavy (non-hydrogen) atoms. The highest BCUT2D eigenvalue weighted by Gasteiger charge is 2.31. The van der Waals surface area contributed by atoms with Crippen molar-refractivity contribution >= 4 is 23.6 Å². The van der Waals surface area contributed by atoms with Crippen molar-refractivity contribution in [2.45, 2.75) is 51.2 Å². The van der Waals surface area contributed by atoms with Crippen LogP contribution in [0.5, 0.6) is 0 Å². The SMILES string of the molecule is Cc1nnc(SCC(=O)N2CCC(C(=O)N3CCCC(C)C3)CC2)n1Cc1ccccc1. The van der Waals surface area contributed by atoms with Crippen molar-refractivity contribution in [3.8, 4) is 0 Å². The first-order chi connectivity index (χ1) is 15.5. The van der Waals surface area contributed by atoms with Gasteiger partial charge in [-0.05, 0) is 44.1 Å². The van der Waals surface area contributed by atoms with Gasteiger partial charge in [0.1, 0.15) is 5.82 Å². The molecule has 8 heteroatoms. The number of aromatic nitrogens is 3. The van der Waals surface area contributed by atoms with E-state index >= 15 is 0 Å². The molecule has 2 amide bonds. The summed E-state index contributed by atoms with van der Waals surface area (Å²) in [6.45, 7) is 7.95. The van der Waals surface area contributed by atoms with Crippen LogP contribution in [-0.2, 0) is 16.1 Å². The third-order valence-corrected chi connectivity index (χ3v) is 7.53. The van der Waals surface area contributed by atoms with Crippen LogP contribution in [0.1, 0.15) is 44.0 Å². The molecule has 1 unspecified atom stereocenters. The summed E-state index contributed by atoms with van der Waals surface area (Å²) in [5.74, 6) is 2.25. The molecule has 3 heterocycles. The summed E-state index contributed by atoms with van der Waals surface area (Å²) in [4.78, 5) is 29.7. The third-order valence-electron chi connectivity index (χ3n) is 6.58. The summed E-state index contributed by atoms with van der Waals surface area (Å²) in [7, 11) is 0. The number of thioether (sulfide) groups is 1. The number of amides is 2. The molecule has 2 fully saturated rings. The highest BCUT2D eigenvalue weighted by Crippen LogP contribution is 2.25. The molecule has 0 saturated carbocycles. The Bertz CT molecular complexity index is 924. The van der Waals surface area contributed by atoms with E-state index in [0.29, 0.717) is 37.2 Å². The lowest BCUT2D eigenvalue weighted by Gasteiger charge is -2.37. The van der Waals surface area contributed by atoms with Gasteiger partial charge in [-0.1, -0.05) is 49.0 Å². The van der Waals surface area contributed by atoms with Crippen LogP contribution in [0, 0.1) is 18.8 Å². The lowest BCUT2D eigenvalue weighted by atomic mass is 9.93. The fourth-order valence-corrected chi connectivity index (χ4v) is 5.54. The van der Waals surface area contributed by atoms with E-state index in [2.05, 4.69) is 33.8 Å². The highest BCUT2D eigenvalue weighted by molar-refractivity contribution is 7.99. The Kier molecular flexibility index (Phi) is 7.50. The number of likely N-dealkylation sites (tertiary alicyclic amines) is 2. The first kappa shape index (κ1) is 22.8. The molecule has 0 bridgehead atoms. The zero-order valence-electron chi connectivity index (χ0n) is 19.1. The fraction of sp³-hybridized carbons (Fsp3) is 0.583. The maximum Gasteiger partial charge on any atom is 0.233 e. The van der Waals surface area contributed by atoms with Crippen LogP contribution in [0.15, 0.2) is 35.5 Å². The number of hydrogen-bond donors (Lipinski definition) is 0. The van der Waals surface area contributed by atoms with E-state index in [9.17, 15) is 9.59 Å². The number of rotatable bonds is 6. The molecule has 2 aromatic rings. The molecule has 4 rings (SSSR count). The maximum absolute atomic E-state index is 12.9. The maximum atomic E-state index is 12.9. The summed E-state index contributed by atoms with van der Waals surface area (Å²) in [5.41, 5.74) is 1.18. The molecule has 2 saturated heterocycles. The van der Waals surface area contributed by atoms with E-state index in [1.54, 1.807) is 0 Å². The lowest BCUT2D eigenvalue weighted by Crippen LogP contribution is -2.47. The molecule has 7 nitrogen and oxygen atoms in total. The van der Waals surface area contributed by atoms with Crippen molar-refractivity contribution in [3.05, 3.63) is 41.7 Å². The number of benzene rings is 1. The van der Waals surface area contributed by atoms with E-state index < -0.39 is 0 Å². The summed E-state index contributed by atoms with van der Waals surface area (Å²) in [5, 5.41) is 9.25. The largest absolute Gasteiger partial charge is 0.342 e. The topological polar surface area (TPSA) is 71.3 Å². The van der Waals surface area contributed by atoms with Gasteiger partial charge < -0.3 is 14.4 Å². The van der Waals surface area contributed by atoms with Gasteiger partial charge in [-0.3, -0.25) is 9.59 Å².